The third-order valence-electron chi connectivity index (χ3n) is 3.38. The first-order chi connectivity index (χ1) is 10.2. The van der Waals surface area contributed by atoms with Crippen LogP contribution in [0.15, 0.2) is 53.0 Å². The minimum atomic E-state index is 0.302. The monoisotopic (exact) mass is 347 g/mol. The third kappa shape index (κ3) is 4.87. The molecule has 0 aliphatic heterocycles. The van der Waals surface area contributed by atoms with E-state index < -0.39 is 0 Å². The minimum absolute atomic E-state index is 0.302. The van der Waals surface area contributed by atoms with Gasteiger partial charge in [-0.1, -0.05) is 53.2 Å². The van der Waals surface area contributed by atoms with Gasteiger partial charge >= 0.3 is 0 Å². The summed E-state index contributed by atoms with van der Waals surface area (Å²) in [7, 11) is 0. The molecule has 0 unspecified atom stereocenters. The van der Waals surface area contributed by atoms with Crippen LogP contribution in [0, 0.1) is 0 Å². The molecule has 0 heterocycles. The summed E-state index contributed by atoms with van der Waals surface area (Å²) in [6.45, 7) is 5.91. The molecule has 2 aromatic carbocycles. The lowest BCUT2D eigenvalue weighted by Gasteiger charge is -2.16. The number of ether oxygens (including phenoxy) is 1. The van der Waals surface area contributed by atoms with Gasteiger partial charge in [0.15, 0.2) is 0 Å². The Morgan fingerprint density at radius 2 is 1.81 bits per heavy atom. The third-order valence-corrected chi connectivity index (χ3v) is 4.10. The Morgan fingerprint density at radius 1 is 1.10 bits per heavy atom. The Hall–Kier alpha value is -1.32. The zero-order chi connectivity index (χ0) is 15.1. The molecule has 2 nitrogen and oxygen atoms in total. The normalized spacial score (nSPS) is 12.1. The zero-order valence-electron chi connectivity index (χ0n) is 12.6. The summed E-state index contributed by atoms with van der Waals surface area (Å²) < 4.78 is 6.74. The molecule has 0 aliphatic carbocycles. The van der Waals surface area contributed by atoms with Gasteiger partial charge in [0, 0.05) is 17.1 Å². The summed E-state index contributed by atoms with van der Waals surface area (Å²) in [5.74, 6) is 0.944. The topological polar surface area (TPSA) is 21.3 Å². The van der Waals surface area contributed by atoms with Gasteiger partial charge in [-0.3, -0.25) is 0 Å². The Bertz CT molecular complexity index is 553. The molecule has 112 valence electrons. The van der Waals surface area contributed by atoms with Crippen molar-refractivity contribution < 1.29 is 4.74 Å². The lowest BCUT2D eigenvalue weighted by atomic mass is 10.1. The van der Waals surface area contributed by atoms with Crippen LogP contribution < -0.4 is 10.1 Å². The first-order valence-corrected chi connectivity index (χ1v) is 8.19. The van der Waals surface area contributed by atoms with Gasteiger partial charge in [0.05, 0.1) is 6.61 Å². The number of halogens is 1. The maximum atomic E-state index is 5.59. The summed E-state index contributed by atoms with van der Waals surface area (Å²) in [4.78, 5) is 0. The molecule has 1 N–H and O–H groups in total. The van der Waals surface area contributed by atoms with E-state index in [9.17, 15) is 0 Å². The lowest BCUT2D eigenvalue weighted by molar-refractivity contribution is 0.317. The van der Waals surface area contributed by atoms with Crippen molar-refractivity contribution in [3.05, 3.63) is 64.1 Å². The van der Waals surface area contributed by atoms with E-state index in [-0.39, 0.29) is 0 Å². The second-order valence-corrected chi connectivity index (χ2v) is 5.97. The van der Waals surface area contributed by atoms with Crippen molar-refractivity contribution in [3.63, 3.8) is 0 Å². The Labute approximate surface area is 135 Å². The first kappa shape index (κ1) is 16.1. The van der Waals surface area contributed by atoms with Crippen molar-refractivity contribution in [1.82, 2.24) is 5.32 Å². The van der Waals surface area contributed by atoms with E-state index in [0.717, 1.165) is 29.8 Å². The van der Waals surface area contributed by atoms with Crippen LogP contribution in [-0.4, -0.2) is 6.61 Å². The fourth-order valence-corrected chi connectivity index (χ4v) is 2.76. The van der Waals surface area contributed by atoms with E-state index in [4.69, 9.17) is 4.74 Å². The van der Waals surface area contributed by atoms with Gasteiger partial charge in [-0.25, -0.2) is 0 Å². The van der Waals surface area contributed by atoms with Crippen molar-refractivity contribution in [2.75, 3.05) is 6.61 Å². The molecule has 0 amide bonds. The Kier molecular flexibility index (Phi) is 6.27. The summed E-state index contributed by atoms with van der Waals surface area (Å²) in [5.41, 5.74) is 2.54. The highest BCUT2D eigenvalue weighted by atomic mass is 79.9. The van der Waals surface area contributed by atoms with E-state index in [2.05, 4.69) is 65.4 Å². The van der Waals surface area contributed by atoms with Crippen molar-refractivity contribution in [3.8, 4) is 5.75 Å². The SMILES string of the molecule is CCCOc1ccc(CN[C@H](C)c2ccccc2Br)cc1. The van der Waals surface area contributed by atoms with Crippen LogP contribution in [-0.2, 0) is 6.54 Å². The smallest absolute Gasteiger partial charge is 0.119 e. The molecule has 21 heavy (non-hydrogen) atoms. The van der Waals surface area contributed by atoms with Gasteiger partial charge in [-0.2, -0.15) is 0 Å². The molecule has 0 spiro atoms. The highest BCUT2D eigenvalue weighted by Crippen LogP contribution is 2.23. The van der Waals surface area contributed by atoms with Crippen molar-refractivity contribution in [2.24, 2.45) is 0 Å². The van der Waals surface area contributed by atoms with E-state index in [0.29, 0.717) is 6.04 Å². The highest BCUT2D eigenvalue weighted by Gasteiger charge is 2.07. The van der Waals surface area contributed by atoms with Crippen LogP contribution in [0.4, 0.5) is 0 Å². The average molecular weight is 348 g/mol. The first-order valence-electron chi connectivity index (χ1n) is 7.40. The molecule has 2 aromatic rings. The minimum Gasteiger partial charge on any atom is -0.494 e. The number of nitrogens with one attached hydrogen (secondary N) is 1. The maximum absolute atomic E-state index is 5.59. The average Bonchev–Trinajstić information content (AvgIpc) is 2.52. The van der Waals surface area contributed by atoms with Crippen molar-refractivity contribution in [1.29, 1.82) is 0 Å². The highest BCUT2D eigenvalue weighted by molar-refractivity contribution is 9.10. The van der Waals surface area contributed by atoms with E-state index in [1.165, 1.54) is 11.1 Å². The van der Waals surface area contributed by atoms with Crippen molar-refractivity contribution >= 4 is 15.9 Å². The molecule has 1 atom stereocenters. The Balaban J connectivity index is 1.89. The second kappa shape index (κ2) is 8.20. The van der Waals surface area contributed by atoms with Crippen LogP contribution >= 0.6 is 15.9 Å². The van der Waals surface area contributed by atoms with Gasteiger partial charge in [0.2, 0.25) is 0 Å². The van der Waals surface area contributed by atoms with Crippen LogP contribution in [0.1, 0.15) is 37.4 Å². The van der Waals surface area contributed by atoms with Crippen LogP contribution in [0.5, 0.6) is 5.75 Å². The molecular weight excluding hydrogens is 326 g/mol. The molecule has 0 aromatic heterocycles. The molecule has 3 heteroatoms. The maximum Gasteiger partial charge on any atom is 0.119 e. The second-order valence-electron chi connectivity index (χ2n) is 5.12. The Morgan fingerprint density at radius 3 is 2.48 bits per heavy atom. The summed E-state index contributed by atoms with van der Waals surface area (Å²) in [6, 6.07) is 16.9. The van der Waals surface area contributed by atoms with Gasteiger partial charge in [0.25, 0.3) is 0 Å². The van der Waals surface area contributed by atoms with Crippen LogP contribution in [0.25, 0.3) is 0 Å². The lowest BCUT2D eigenvalue weighted by Crippen LogP contribution is -2.18. The van der Waals surface area contributed by atoms with Crippen molar-refractivity contribution in [2.45, 2.75) is 32.9 Å². The van der Waals surface area contributed by atoms with Gasteiger partial charge in [0.1, 0.15) is 5.75 Å². The molecule has 0 radical (unpaired) electrons. The van der Waals surface area contributed by atoms with Crippen LogP contribution in [0.2, 0.25) is 0 Å². The fourth-order valence-electron chi connectivity index (χ4n) is 2.13. The molecule has 2 rings (SSSR count). The van der Waals surface area contributed by atoms with E-state index >= 15 is 0 Å². The summed E-state index contributed by atoms with van der Waals surface area (Å²) >= 11 is 3.60. The number of rotatable bonds is 7. The van der Waals surface area contributed by atoms with Gasteiger partial charge in [-0.05, 0) is 42.7 Å². The van der Waals surface area contributed by atoms with Gasteiger partial charge < -0.3 is 10.1 Å². The number of benzene rings is 2. The predicted octanol–water partition coefficient (Wildman–Crippen LogP) is 5.09. The molecule has 0 aliphatic rings. The fraction of sp³-hybridized carbons (Fsp3) is 0.333. The van der Waals surface area contributed by atoms with Gasteiger partial charge in [-0.15, -0.1) is 0 Å². The number of hydrogen-bond acceptors (Lipinski definition) is 2. The molecule has 0 bridgehead atoms. The molecular formula is C18H22BrNO. The predicted molar refractivity (Wildman–Crippen MR) is 91.6 cm³/mol. The molecule has 0 saturated heterocycles. The van der Waals surface area contributed by atoms with E-state index in [1.54, 1.807) is 0 Å². The van der Waals surface area contributed by atoms with Crippen LogP contribution in [0.3, 0.4) is 0 Å². The molecule has 0 saturated carbocycles. The number of hydrogen-bond donors (Lipinski definition) is 1. The molecule has 0 fully saturated rings. The summed E-state index contributed by atoms with van der Waals surface area (Å²) in [5, 5.41) is 3.55. The summed E-state index contributed by atoms with van der Waals surface area (Å²) in [6.07, 6.45) is 1.03. The largest absolute Gasteiger partial charge is 0.494 e. The quantitative estimate of drug-likeness (QED) is 0.753. The van der Waals surface area contributed by atoms with E-state index in [1.807, 2.05) is 18.2 Å². The standard InChI is InChI=1S/C18H22BrNO/c1-3-12-21-16-10-8-15(9-11-16)13-20-14(2)17-6-4-5-7-18(17)19/h4-11,14,20H,3,12-13H2,1-2H3/t14-/m1/s1. The zero-order valence-corrected chi connectivity index (χ0v) is 14.2.